The van der Waals surface area contributed by atoms with Crippen molar-refractivity contribution in [1.29, 1.82) is 0 Å². The minimum Gasteiger partial charge on any atom is -0.472 e. The summed E-state index contributed by atoms with van der Waals surface area (Å²) >= 11 is 0. The smallest absolute Gasteiger partial charge is 0.104 e. The van der Waals surface area contributed by atoms with Gasteiger partial charge in [0.15, 0.2) is 0 Å². The Morgan fingerprint density at radius 1 is 1.12 bits per heavy atom. The highest BCUT2D eigenvalue weighted by atomic mass is 16.6. The topological polar surface area (TPSA) is 38.1 Å². The average molecular weight is 452 g/mol. The molecule has 4 nitrogen and oxygen atoms in total. The first-order valence-corrected chi connectivity index (χ1v) is 13.8. The first-order chi connectivity index (χ1) is 16.0. The second-order valence-corrected chi connectivity index (χ2v) is 12.6. The molecule has 1 aromatic heterocycles. The summed E-state index contributed by atoms with van der Waals surface area (Å²) in [5.74, 6) is 2.04. The van der Waals surface area contributed by atoms with Gasteiger partial charge in [0.05, 0.1) is 31.3 Å². The van der Waals surface area contributed by atoms with E-state index in [0.29, 0.717) is 29.5 Å². The van der Waals surface area contributed by atoms with Crippen LogP contribution in [0, 0.1) is 22.7 Å². The molecule has 0 aromatic carbocycles. The van der Waals surface area contributed by atoms with Crippen molar-refractivity contribution < 1.29 is 13.9 Å². The lowest BCUT2D eigenvalue weighted by Crippen LogP contribution is -2.55. The summed E-state index contributed by atoms with van der Waals surface area (Å²) in [4.78, 5) is 2.57. The highest BCUT2D eigenvalue weighted by Gasteiger charge is 2.80. The summed E-state index contributed by atoms with van der Waals surface area (Å²) in [7, 11) is 0. The van der Waals surface area contributed by atoms with E-state index < -0.39 is 0 Å². The van der Waals surface area contributed by atoms with Gasteiger partial charge in [-0.15, -0.1) is 0 Å². The molecule has 3 saturated carbocycles. The molecular formula is C29H41NO3. The van der Waals surface area contributed by atoms with Crippen LogP contribution < -0.4 is 0 Å². The normalized spacial score (nSPS) is 48.5. The van der Waals surface area contributed by atoms with E-state index in [9.17, 15) is 0 Å². The van der Waals surface area contributed by atoms with Gasteiger partial charge in [0.1, 0.15) is 5.60 Å². The number of rotatable bonds is 5. The van der Waals surface area contributed by atoms with Crippen LogP contribution in [0.5, 0.6) is 0 Å². The zero-order valence-corrected chi connectivity index (χ0v) is 20.6. The van der Waals surface area contributed by atoms with E-state index in [-0.39, 0.29) is 11.0 Å². The Balaban J connectivity index is 1.08. The van der Waals surface area contributed by atoms with Crippen LogP contribution in [0.3, 0.4) is 0 Å². The fourth-order valence-electron chi connectivity index (χ4n) is 9.54. The molecule has 6 aliphatic rings. The third-order valence-electron chi connectivity index (χ3n) is 11.4. The first kappa shape index (κ1) is 21.2. The van der Waals surface area contributed by atoms with Gasteiger partial charge in [-0.25, -0.2) is 0 Å². The lowest BCUT2D eigenvalue weighted by molar-refractivity contribution is -0.0808. The minimum absolute atomic E-state index is 0.103. The van der Waals surface area contributed by atoms with Crippen molar-refractivity contribution in [3.63, 3.8) is 0 Å². The van der Waals surface area contributed by atoms with Crippen LogP contribution in [0.4, 0.5) is 0 Å². The van der Waals surface area contributed by atoms with Crippen LogP contribution >= 0.6 is 0 Å². The number of likely N-dealkylation sites (tertiary alicyclic amines) is 1. The van der Waals surface area contributed by atoms with Crippen LogP contribution in [0.2, 0.25) is 0 Å². The molecule has 0 bridgehead atoms. The van der Waals surface area contributed by atoms with Gasteiger partial charge >= 0.3 is 0 Å². The zero-order chi connectivity index (χ0) is 22.3. The van der Waals surface area contributed by atoms with Gasteiger partial charge in [-0.2, -0.15) is 0 Å². The quantitative estimate of drug-likeness (QED) is 0.410. The van der Waals surface area contributed by atoms with Crippen molar-refractivity contribution in [3.8, 4) is 0 Å². The van der Waals surface area contributed by atoms with Gasteiger partial charge in [0, 0.05) is 12.0 Å². The number of fused-ring (bicyclic) bond motifs is 3. The molecule has 4 heteroatoms. The highest BCUT2D eigenvalue weighted by molar-refractivity contribution is 5.37. The Bertz CT molecular complexity index is 919. The number of nitrogens with zero attached hydrogens (tertiary/aromatic N) is 1. The Morgan fingerprint density at radius 3 is 2.82 bits per heavy atom. The molecule has 1 spiro atoms. The monoisotopic (exact) mass is 451 g/mol. The number of epoxide rings is 1. The standard InChI is InChI=1S/C29H41NO3/c1-27-10-7-22(32-16-14-30-12-3-4-13-30)17-21(27)5-6-24-23(27)8-11-28(2)25(20-9-15-31-19-20)18-26-29(24,28)33-26/h5,9,15,19,22-26H,3-4,6-8,10-14,16-18H2,1-2H3/t22?,23-,24-,25?,26?,27+,28-,29+/m1/s1. The third-order valence-corrected chi connectivity index (χ3v) is 11.4. The van der Waals surface area contributed by atoms with E-state index in [4.69, 9.17) is 13.9 Å². The molecule has 33 heavy (non-hydrogen) atoms. The second kappa shape index (κ2) is 7.45. The van der Waals surface area contributed by atoms with Crippen molar-refractivity contribution in [1.82, 2.24) is 4.90 Å². The van der Waals surface area contributed by atoms with Gasteiger partial charge in [-0.1, -0.05) is 25.5 Å². The molecule has 0 N–H and O–H groups in total. The molecule has 180 valence electrons. The van der Waals surface area contributed by atoms with E-state index in [2.05, 4.69) is 30.9 Å². The Morgan fingerprint density at radius 2 is 2.00 bits per heavy atom. The molecule has 2 aliphatic heterocycles. The maximum atomic E-state index is 6.70. The Labute approximate surface area is 199 Å². The average Bonchev–Trinajstić information content (AvgIpc) is 3.23. The van der Waals surface area contributed by atoms with Gasteiger partial charge < -0.3 is 18.8 Å². The maximum absolute atomic E-state index is 6.70. The van der Waals surface area contributed by atoms with E-state index in [0.717, 1.165) is 25.5 Å². The molecule has 0 amide bonds. The molecule has 2 saturated heterocycles. The van der Waals surface area contributed by atoms with Gasteiger partial charge in [0.25, 0.3) is 0 Å². The van der Waals surface area contributed by atoms with Crippen LogP contribution in [0.25, 0.3) is 0 Å². The molecule has 4 aliphatic carbocycles. The van der Waals surface area contributed by atoms with Gasteiger partial charge in [-0.05, 0) is 106 Å². The fraction of sp³-hybridized carbons (Fsp3) is 0.793. The first-order valence-electron chi connectivity index (χ1n) is 13.8. The Hall–Kier alpha value is -1.10. The lowest BCUT2D eigenvalue weighted by atomic mass is 9.46. The third kappa shape index (κ3) is 2.93. The number of hydrogen-bond donors (Lipinski definition) is 0. The minimum atomic E-state index is 0.103. The summed E-state index contributed by atoms with van der Waals surface area (Å²) in [6.07, 6.45) is 18.8. The molecule has 3 unspecified atom stereocenters. The number of allylic oxidation sites excluding steroid dienone is 1. The number of hydrogen-bond acceptors (Lipinski definition) is 4. The van der Waals surface area contributed by atoms with Gasteiger partial charge in [0.2, 0.25) is 0 Å². The predicted octanol–water partition coefficient (Wildman–Crippen LogP) is 5.94. The fourth-order valence-corrected chi connectivity index (χ4v) is 9.54. The molecule has 3 heterocycles. The summed E-state index contributed by atoms with van der Waals surface area (Å²) < 4.78 is 18.6. The van der Waals surface area contributed by atoms with E-state index >= 15 is 0 Å². The largest absolute Gasteiger partial charge is 0.472 e. The zero-order valence-electron chi connectivity index (χ0n) is 20.6. The number of ether oxygens (including phenoxy) is 2. The summed E-state index contributed by atoms with van der Waals surface area (Å²) in [5.41, 5.74) is 3.81. The molecular weight excluding hydrogens is 410 g/mol. The molecule has 7 rings (SSSR count). The molecule has 5 fully saturated rings. The number of furan rings is 1. The SMILES string of the molecule is C[C@]12CCC(OCCN3CCCC3)CC1=CC[C@@H]1[C@H]2CC[C@]2(C)C(c3ccoc3)CC3O[C@]312. The summed E-state index contributed by atoms with van der Waals surface area (Å²) in [5, 5.41) is 0. The van der Waals surface area contributed by atoms with E-state index in [1.165, 1.54) is 70.0 Å². The Kier molecular flexibility index (Phi) is 4.79. The highest BCUT2D eigenvalue weighted by Crippen LogP contribution is 2.77. The van der Waals surface area contributed by atoms with Crippen LogP contribution in [-0.2, 0) is 9.47 Å². The van der Waals surface area contributed by atoms with Crippen LogP contribution in [-0.4, -0.2) is 49.0 Å². The van der Waals surface area contributed by atoms with E-state index in [1.807, 2.05) is 12.5 Å². The maximum Gasteiger partial charge on any atom is 0.104 e. The molecule has 1 aromatic rings. The van der Waals surface area contributed by atoms with E-state index in [1.54, 1.807) is 5.57 Å². The van der Waals surface area contributed by atoms with Crippen molar-refractivity contribution in [2.45, 2.75) is 95.4 Å². The van der Waals surface area contributed by atoms with Crippen molar-refractivity contribution in [3.05, 3.63) is 35.8 Å². The molecule has 0 radical (unpaired) electrons. The molecule has 8 atom stereocenters. The van der Waals surface area contributed by atoms with Crippen molar-refractivity contribution in [2.75, 3.05) is 26.2 Å². The summed E-state index contributed by atoms with van der Waals surface area (Å²) in [6, 6.07) is 2.20. The lowest BCUT2D eigenvalue weighted by Gasteiger charge is -2.58. The van der Waals surface area contributed by atoms with Gasteiger partial charge in [-0.3, -0.25) is 0 Å². The van der Waals surface area contributed by atoms with Crippen molar-refractivity contribution >= 4 is 0 Å². The summed E-state index contributed by atoms with van der Waals surface area (Å²) in [6.45, 7) is 9.70. The van der Waals surface area contributed by atoms with Crippen molar-refractivity contribution in [2.24, 2.45) is 22.7 Å². The second-order valence-electron chi connectivity index (χ2n) is 12.6. The predicted molar refractivity (Wildman–Crippen MR) is 128 cm³/mol. The van der Waals surface area contributed by atoms with Crippen LogP contribution in [0.15, 0.2) is 34.7 Å². The van der Waals surface area contributed by atoms with Crippen LogP contribution in [0.1, 0.15) is 83.1 Å².